The Hall–Kier alpha value is -3.20. The van der Waals surface area contributed by atoms with Crippen LogP contribution in [0.25, 0.3) is 0 Å². The number of phenolic OH excluding ortho intramolecular Hbond substituents is 1. The van der Waals surface area contributed by atoms with Crippen LogP contribution in [0.3, 0.4) is 0 Å². The number of unbranched alkanes of at least 4 members (excludes halogenated alkanes) is 3. The van der Waals surface area contributed by atoms with Gasteiger partial charge in [-0.25, -0.2) is 4.79 Å². The molecule has 0 saturated carbocycles. The van der Waals surface area contributed by atoms with Crippen molar-refractivity contribution in [3.63, 3.8) is 0 Å². The highest BCUT2D eigenvalue weighted by molar-refractivity contribution is 7.80. The first-order valence-corrected chi connectivity index (χ1v) is 14.1. The second kappa shape index (κ2) is 14.8. The predicted octanol–water partition coefficient (Wildman–Crippen LogP) is 5.92. The van der Waals surface area contributed by atoms with Crippen LogP contribution in [-0.4, -0.2) is 51.9 Å². The number of para-hydroxylation sites is 1. The molecule has 2 unspecified atom stereocenters. The van der Waals surface area contributed by atoms with Crippen LogP contribution in [0.4, 0.5) is 10.5 Å². The van der Waals surface area contributed by atoms with Crippen molar-refractivity contribution in [3.05, 3.63) is 59.2 Å². The van der Waals surface area contributed by atoms with E-state index in [2.05, 4.69) is 30.2 Å². The Morgan fingerprint density at radius 1 is 1.00 bits per heavy atom. The summed E-state index contributed by atoms with van der Waals surface area (Å²) in [4.78, 5) is 42.0. The van der Waals surface area contributed by atoms with Crippen molar-refractivity contribution in [3.8, 4) is 5.75 Å². The van der Waals surface area contributed by atoms with Crippen LogP contribution in [0.2, 0.25) is 0 Å². The highest BCUT2D eigenvalue weighted by atomic mass is 32.1. The average molecular weight is 558 g/mol. The lowest BCUT2D eigenvalue weighted by Crippen LogP contribution is -2.53. The van der Waals surface area contributed by atoms with Crippen molar-refractivity contribution >= 4 is 36.2 Å². The molecule has 0 aliphatic carbocycles. The summed E-state index contributed by atoms with van der Waals surface area (Å²) in [5.41, 5.74) is 2.27. The summed E-state index contributed by atoms with van der Waals surface area (Å²) in [5, 5.41) is 15.6. The molecule has 0 spiro atoms. The maximum absolute atomic E-state index is 14.0. The van der Waals surface area contributed by atoms with Crippen LogP contribution in [0.1, 0.15) is 76.1 Å². The minimum atomic E-state index is -1.01. The third kappa shape index (κ3) is 9.80. The Morgan fingerprint density at radius 3 is 2.15 bits per heavy atom. The Morgan fingerprint density at radius 2 is 1.62 bits per heavy atom. The van der Waals surface area contributed by atoms with Gasteiger partial charge in [-0.3, -0.25) is 9.59 Å². The number of amides is 3. The summed E-state index contributed by atoms with van der Waals surface area (Å²) < 4.78 is 5.36. The number of hydrogen-bond donors (Lipinski definition) is 4. The smallest absolute Gasteiger partial charge is 0.408 e. The van der Waals surface area contributed by atoms with Gasteiger partial charge in [-0.2, -0.15) is 12.6 Å². The summed E-state index contributed by atoms with van der Waals surface area (Å²) in [5.74, 6) is -0.767. The van der Waals surface area contributed by atoms with Crippen LogP contribution in [-0.2, 0) is 14.3 Å². The molecule has 0 bridgehead atoms. The van der Waals surface area contributed by atoms with Crippen LogP contribution >= 0.6 is 12.6 Å². The minimum absolute atomic E-state index is 0.0182. The Labute approximate surface area is 237 Å². The number of phenols is 1. The Balaban J connectivity index is 2.50. The molecule has 2 atom stereocenters. The molecule has 0 radical (unpaired) electrons. The standard InChI is InChI=1S/C30H43N3O5S/c1-7-8-9-10-18-33(28(36)24(19-39)31-29(37)38-30(4,5)6)26(22-14-16-23(34)17-15-22)27(35)32-25-20(2)12-11-13-21(25)3/h11-17,24,26,34,39H,7-10,18-19H2,1-6H3,(H,31,37)(H,32,35). The maximum Gasteiger partial charge on any atom is 0.408 e. The summed E-state index contributed by atoms with van der Waals surface area (Å²) in [6, 6.07) is 9.96. The van der Waals surface area contributed by atoms with Gasteiger partial charge in [-0.05, 0) is 69.9 Å². The number of benzene rings is 2. The first-order valence-electron chi connectivity index (χ1n) is 13.4. The van der Waals surface area contributed by atoms with Crippen molar-refractivity contribution in [1.29, 1.82) is 0 Å². The quantitative estimate of drug-likeness (QED) is 0.191. The molecule has 2 aromatic rings. The largest absolute Gasteiger partial charge is 0.508 e. The molecule has 0 saturated heterocycles. The SMILES string of the molecule is CCCCCCN(C(=O)C(CS)NC(=O)OC(C)(C)C)C(C(=O)Nc1c(C)cccc1C)c1ccc(O)cc1. The van der Waals surface area contributed by atoms with E-state index in [-0.39, 0.29) is 11.5 Å². The van der Waals surface area contributed by atoms with Gasteiger partial charge in [0.25, 0.3) is 5.91 Å². The monoisotopic (exact) mass is 557 g/mol. The fourth-order valence-electron chi connectivity index (χ4n) is 4.24. The number of alkyl carbamates (subject to hydrolysis) is 1. The van der Waals surface area contributed by atoms with E-state index in [9.17, 15) is 19.5 Å². The van der Waals surface area contributed by atoms with Gasteiger partial charge in [0.1, 0.15) is 23.4 Å². The molecule has 3 N–H and O–H groups in total. The van der Waals surface area contributed by atoms with Gasteiger partial charge in [-0.15, -0.1) is 0 Å². The molecule has 9 heteroatoms. The molecular weight excluding hydrogens is 514 g/mol. The first-order chi connectivity index (χ1) is 18.4. The van der Waals surface area contributed by atoms with Gasteiger partial charge in [0.15, 0.2) is 0 Å². The number of aryl methyl sites for hydroxylation is 2. The maximum atomic E-state index is 14.0. The zero-order valence-electron chi connectivity index (χ0n) is 23.9. The number of carbonyl (C=O) groups excluding carboxylic acids is 3. The Bertz CT molecular complexity index is 1090. The first kappa shape index (κ1) is 32.0. The molecule has 39 heavy (non-hydrogen) atoms. The highest BCUT2D eigenvalue weighted by Crippen LogP contribution is 2.28. The summed E-state index contributed by atoms with van der Waals surface area (Å²) in [7, 11) is 0. The summed E-state index contributed by atoms with van der Waals surface area (Å²) >= 11 is 4.34. The third-order valence-electron chi connectivity index (χ3n) is 6.21. The molecule has 214 valence electrons. The molecule has 2 aromatic carbocycles. The molecule has 8 nitrogen and oxygen atoms in total. The number of nitrogens with zero attached hydrogens (tertiary/aromatic N) is 1. The molecular formula is C30H43N3O5S. The van der Waals surface area contributed by atoms with E-state index in [0.717, 1.165) is 30.4 Å². The normalized spacial score (nSPS) is 12.8. The minimum Gasteiger partial charge on any atom is -0.508 e. The van der Waals surface area contributed by atoms with Gasteiger partial charge in [0, 0.05) is 18.0 Å². The average Bonchev–Trinajstić information content (AvgIpc) is 2.86. The molecule has 2 rings (SSSR count). The van der Waals surface area contributed by atoms with E-state index in [1.54, 1.807) is 32.9 Å². The topological polar surface area (TPSA) is 108 Å². The van der Waals surface area contributed by atoms with Crippen molar-refractivity contribution < 1.29 is 24.2 Å². The summed E-state index contributed by atoms with van der Waals surface area (Å²) in [6.07, 6.45) is 2.83. The van der Waals surface area contributed by atoms with Gasteiger partial charge in [0.2, 0.25) is 5.91 Å². The van der Waals surface area contributed by atoms with Crippen LogP contribution in [0, 0.1) is 13.8 Å². The lowest BCUT2D eigenvalue weighted by molar-refractivity contribution is -0.140. The molecule has 0 fully saturated rings. The number of thiol groups is 1. The fraction of sp³-hybridized carbons (Fsp3) is 0.500. The van der Waals surface area contributed by atoms with E-state index in [0.29, 0.717) is 24.2 Å². The predicted molar refractivity (Wildman–Crippen MR) is 158 cm³/mol. The number of aromatic hydroxyl groups is 1. The number of nitrogens with one attached hydrogen (secondary N) is 2. The Kier molecular flexibility index (Phi) is 12.2. The van der Waals surface area contributed by atoms with E-state index in [1.165, 1.54) is 17.0 Å². The van der Waals surface area contributed by atoms with Crippen LogP contribution in [0.5, 0.6) is 5.75 Å². The van der Waals surface area contributed by atoms with E-state index in [1.807, 2.05) is 32.0 Å². The molecule has 3 amide bonds. The van der Waals surface area contributed by atoms with Crippen LogP contribution in [0.15, 0.2) is 42.5 Å². The second-order valence-electron chi connectivity index (χ2n) is 10.7. The van der Waals surface area contributed by atoms with Crippen molar-refractivity contribution in [1.82, 2.24) is 10.2 Å². The zero-order chi connectivity index (χ0) is 29.2. The second-order valence-corrected chi connectivity index (χ2v) is 11.1. The van der Waals surface area contributed by atoms with Gasteiger partial charge >= 0.3 is 6.09 Å². The van der Waals surface area contributed by atoms with E-state index >= 15 is 0 Å². The summed E-state index contributed by atoms with van der Waals surface area (Å²) in [6.45, 7) is 11.4. The molecule has 0 aliphatic rings. The third-order valence-corrected chi connectivity index (χ3v) is 6.57. The van der Waals surface area contributed by atoms with Crippen molar-refractivity contribution in [2.45, 2.75) is 84.9 Å². The van der Waals surface area contributed by atoms with Gasteiger partial charge in [-0.1, -0.05) is 56.5 Å². The van der Waals surface area contributed by atoms with Crippen molar-refractivity contribution in [2.75, 3.05) is 17.6 Å². The van der Waals surface area contributed by atoms with E-state index < -0.39 is 35.6 Å². The van der Waals surface area contributed by atoms with Gasteiger partial charge < -0.3 is 25.4 Å². The number of hydrogen-bond acceptors (Lipinski definition) is 6. The fourth-order valence-corrected chi connectivity index (χ4v) is 4.49. The zero-order valence-corrected chi connectivity index (χ0v) is 24.8. The van der Waals surface area contributed by atoms with Crippen molar-refractivity contribution in [2.24, 2.45) is 0 Å². The highest BCUT2D eigenvalue weighted by Gasteiger charge is 2.36. The molecule has 0 heterocycles. The van der Waals surface area contributed by atoms with Crippen LogP contribution < -0.4 is 10.6 Å². The molecule has 0 aliphatic heterocycles. The van der Waals surface area contributed by atoms with E-state index in [4.69, 9.17) is 4.74 Å². The lowest BCUT2D eigenvalue weighted by Gasteiger charge is -2.34. The van der Waals surface area contributed by atoms with Gasteiger partial charge in [0.05, 0.1) is 0 Å². The number of anilines is 1. The number of carbonyl (C=O) groups is 3. The molecule has 0 aromatic heterocycles. The number of ether oxygens (including phenoxy) is 1. The lowest BCUT2D eigenvalue weighted by atomic mass is 10.0. The number of rotatable bonds is 12.